The fraction of sp³-hybridized carbons (Fsp3) is 1.00. The molecule has 2 atom stereocenters. The zero-order chi connectivity index (χ0) is 13.0. The van der Waals surface area contributed by atoms with E-state index >= 15 is 0 Å². The fourth-order valence-corrected chi connectivity index (χ4v) is 3.79. The molecular weight excluding hydrogens is 224 g/mol. The average Bonchev–Trinajstić information content (AvgIpc) is 2.74. The molecule has 1 aliphatic heterocycles. The summed E-state index contributed by atoms with van der Waals surface area (Å²) in [5, 5.41) is 3.59. The Bertz CT molecular complexity index is 241. The maximum Gasteiger partial charge on any atom is 0.0678 e. The predicted octanol–water partition coefficient (Wildman–Crippen LogP) is 2.27. The van der Waals surface area contributed by atoms with Gasteiger partial charge in [-0.2, -0.15) is 0 Å². The summed E-state index contributed by atoms with van der Waals surface area (Å²) < 4.78 is 5.84. The normalized spacial score (nSPS) is 32.8. The number of nitrogens with one attached hydrogen (secondary N) is 1. The van der Waals surface area contributed by atoms with Crippen LogP contribution in [-0.4, -0.2) is 49.8 Å². The molecule has 18 heavy (non-hydrogen) atoms. The van der Waals surface area contributed by atoms with Crippen LogP contribution in [0, 0.1) is 5.41 Å². The molecule has 1 saturated heterocycles. The van der Waals surface area contributed by atoms with Crippen molar-refractivity contribution >= 4 is 0 Å². The molecular formula is C15H30N2O. The van der Waals surface area contributed by atoms with Gasteiger partial charge < -0.3 is 10.1 Å². The monoisotopic (exact) mass is 254 g/mol. The largest absolute Gasteiger partial charge is 0.373 e. The van der Waals surface area contributed by atoms with Gasteiger partial charge in [0.05, 0.1) is 12.2 Å². The summed E-state index contributed by atoms with van der Waals surface area (Å²) in [7, 11) is 0. The lowest BCUT2D eigenvalue weighted by Crippen LogP contribution is -2.51. The van der Waals surface area contributed by atoms with Crippen LogP contribution in [0.2, 0.25) is 0 Å². The summed E-state index contributed by atoms with van der Waals surface area (Å²) in [6, 6.07) is 0. The summed E-state index contributed by atoms with van der Waals surface area (Å²) in [6.07, 6.45) is 6.43. The van der Waals surface area contributed by atoms with Crippen LogP contribution < -0.4 is 5.32 Å². The van der Waals surface area contributed by atoms with Crippen LogP contribution in [0.25, 0.3) is 0 Å². The Labute approximate surface area is 112 Å². The fourth-order valence-electron chi connectivity index (χ4n) is 3.79. The van der Waals surface area contributed by atoms with E-state index in [0.29, 0.717) is 17.6 Å². The number of nitrogens with zero attached hydrogens (tertiary/aromatic N) is 1. The molecule has 0 unspecified atom stereocenters. The smallest absolute Gasteiger partial charge is 0.0678 e. The molecule has 0 amide bonds. The van der Waals surface area contributed by atoms with Crippen molar-refractivity contribution in [3.05, 3.63) is 0 Å². The van der Waals surface area contributed by atoms with E-state index in [4.69, 9.17) is 4.74 Å². The number of hydrogen-bond donors (Lipinski definition) is 1. The molecule has 2 fully saturated rings. The van der Waals surface area contributed by atoms with Gasteiger partial charge in [0, 0.05) is 26.2 Å². The van der Waals surface area contributed by atoms with Crippen molar-refractivity contribution in [1.29, 1.82) is 0 Å². The highest BCUT2D eigenvalue weighted by atomic mass is 16.5. The zero-order valence-corrected chi connectivity index (χ0v) is 12.4. The summed E-state index contributed by atoms with van der Waals surface area (Å²) in [6.45, 7) is 12.4. The van der Waals surface area contributed by atoms with Crippen LogP contribution in [0.3, 0.4) is 0 Å². The summed E-state index contributed by atoms with van der Waals surface area (Å²) >= 11 is 0. The van der Waals surface area contributed by atoms with Gasteiger partial charge in [-0.15, -0.1) is 0 Å². The molecule has 1 aliphatic carbocycles. The van der Waals surface area contributed by atoms with Gasteiger partial charge >= 0.3 is 0 Å². The Kier molecular flexibility index (Phi) is 5.05. The van der Waals surface area contributed by atoms with Crippen molar-refractivity contribution in [3.8, 4) is 0 Å². The first-order chi connectivity index (χ1) is 8.63. The van der Waals surface area contributed by atoms with Crippen LogP contribution in [0.1, 0.15) is 46.5 Å². The Morgan fingerprint density at radius 1 is 1.17 bits per heavy atom. The second kappa shape index (κ2) is 6.36. The standard InChI is InChI=1S/C15H30N2O/c1-4-16-11-15(7-5-6-8-15)12-17-9-13(2)18-14(3)10-17/h13-14,16H,4-12H2,1-3H3/t13-,14+. The zero-order valence-electron chi connectivity index (χ0n) is 12.4. The van der Waals surface area contributed by atoms with E-state index in [9.17, 15) is 0 Å². The van der Waals surface area contributed by atoms with Crippen LogP contribution in [0.4, 0.5) is 0 Å². The first-order valence-corrected chi connectivity index (χ1v) is 7.72. The molecule has 2 rings (SSSR count). The highest BCUT2D eigenvalue weighted by Gasteiger charge is 2.36. The third kappa shape index (κ3) is 3.69. The average molecular weight is 254 g/mol. The summed E-state index contributed by atoms with van der Waals surface area (Å²) in [4.78, 5) is 2.64. The molecule has 1 heterocycles. The van der Waals surface area contributed by atoms with E-state index in [-0.39, 0.29) is 0 Å². The second-order valence-electron chi connectivity index (χ2n) is 6.44. The first kappa shape index (κ1) is 14.3. The topological polar surface area (TPSA) is 24.5 Å². The second-order valence-corrected chi connectivity index (χ2v) is 6.44. The van der Waals surface area contributed by atoms with Crippen molar-refractivity contribution in [3.63, 3.8) is 0 Å². The van der Waals surface area contributed by atoms with Crippen LogP contribution in [0.5, 0.6) is 0 Å². The Morgan fingerprint density at radius 3 is 2.33 bits per heavy atom. The van der Waals surface area contributed by atoms with Crippen molar-refractivity contribution in [1.82, 2.24) is 10.2 Å². The summed E-state index contributed by atoms with van der Waals surface area (Å²) in [5.41, 5.74) is 0.535. The van der Waals surface area contributed by atoms with E-state index < -0.39 is 0 Å². The van der Waals surface area contributed by atoms with Crippen LogP contribution >= 0.6 is 0 Å². The number of rotatable bonds is 5. The minimum absolute atomic E-state index is 0.395. The predicted molar refractivity (Wildman–Crippen MR) is 75.9 cm³/mol. The molecule has 0 bridgehead atoms. The van der Waals surface area contributed by atoms with E-state index in [1.54, 1.807) is 0 Å². The molecule has 0 aromatic heterocycles. The molecule has 0 radical (unpaired) electrons. The van der Waals surface area contributed by atoms with Gasteiger partial charge in [0.1, 0.15) is 0 Å². The molecule has 1 N–H and O–H groups in total. The summed E-state index contributed by atoms with van der Waals surface area (Å²) in [5.74, 6) is 0. The van der Waals surface area contributed by atoms with Gasteiger partial charge in [-0.05, 0) is 38.6 Å². The number of hydrogen-bond acceptors (Lipinski definition) is 3. The lowest BCUT2D eigenvalue weighted by atomic mass is 9.85. The number of ether oxygens (including phenoxy) is 1. The van der Waals surface area contributed by atoms with Crippen molar-refractivity contribution in [2.75, 3.05) is 32.7 Å². The minimum atomic E-state index is 0.395. The molecule has 3 nitrogen and oxygen atoms in total. The van der Waals surface area contributed by atoms with Crippen LogP contribution in [0.15, 0.2) is 0 Å². The molecule has 0 aromatic carbocycles. The maximum atomic E-state index is 5.84. The third-order valence-electron chi connectivity index (χ3n) is 4.47. The van der Waals surface area contributed by atoms with Gasteiger partial charge in [0.15, 0.2) is 0 Å². The molecule has 0 aromatic rings. The van der Waals surface area contributed by atoms with Gasteiger partial charge in [-0.25, -0.2) is 0 Å². The van der Waals surface area contributed by atoms with E-state index in [1.807, 2.05) is 0 Å². The molecule has 3 heteroatoms. The van der Waals surface area contributed by atoms with Crippen molar-refractivity contribution in [2.24, 2.45) is 5.41 Å². The third-order valence-corrected chi connectivity index (χ3v) is 4.47. The number of morpholine rings is 1. The van der Waals surface area contributed by atoms with Gasteiger partial charge in [0.2, 0.25) is 0 Å². The van der Waals surface area contributed by atoms with E-state index in [1.165, 1.54) is 38.8 Å². The highest BCUT2D eigenvalue weighted by molar-refractivity contribution is 4.90. The SMILES string of the molecule is CCNCC1(CN2C[C@@H](C)O[C@@H](C)C2)CCCC1. The lowest BCUT2D eigenvalue weighted by molar-refractivity contribution is -0.0773. The van der Waals surface area contributed by atoms with Crippen molar-refractivity contribution < 1.29 is 4.74 Å². The molecule has 106 valence electrons. The Balaban J connectivity index is 1.91. The van der Waals surface area contributed by atoms with E-state index in [2.05, 4.69) is 31.0 Å². The molecule has 2 aliphatic rings. The highest BCUT2D eigenvalue weighted by Crippen LogP contribution is 2.38. The maximum absolute atomic E-state index is 5.84. The van der Waals surface area contributed by atoms with E-state index in [0.717, 1.165) is 19.6 Å². The van der Waals surface area contributed by atoms with Crippen LogP contribution in [-0.2, 0) is 4.74 Å². The minimum Gasteiger partial charge on any atom is -0.373 e. The van der Waals surface area contributed by atoms with Gasteiger partial charge in [-0.3, -0.25) is 4.90 Å². The Hall–Kier alpha value is -0.120. The molecule has 1 saturated carbocycles. The lowest BCUT2D eigenvalue weighted by Gasteiger charge is -2.41. The van der Waals surface area contributed by atoms with Gasteiger partial charge in [-0.1, -0.05) is 19.8 Å². The Morgan fingerprint density at radius 2 is 1.78 bits per heavy atom. The van der Waals surface area contributed by atoms with Gasteiger partial charge in [0.25, 0.3) is 0 Å². The molecule has 0 spiro atoms. The quantitative estimate of drug-likeness (QED) is 0.814. The van der Waals surface area contributed by atoms with Crippen molar-refractivity contribution in [2.45, 2.75) is 58.7 Å². The first-order valence-electron chi connectivity index (χ1n) is 7.72.